The van der Waals surface area contributed by atoms with Gasteiger partial charge in [0, 0.05) is 17.4 Å². The molecule has 4 rings (SSSR count). The lowest BCUT2D eigenvalue weighted by atomic mass is 9.95. The van der Waals surface area contributed by atoms with Gasteiger partial charge in [0.2, 0.25) is 5.88 Å². The maximum Gasteiger partial charge on any atom is 0.275 e. The Hall–Kier alpha value is -3.98. The van der Waals surface area contributed by atoms with Crippen molar-refractivity contribution in [1.29, 1.82) is 0 Å². The van der Waals surface area contributed by atoms with Gasteiger partial charge < -0.3 is 25.0 Å². The van der Waals surface area contributed by atoms with Gasteiger partial charge in [-0.15, -0.1) is 0 Å². The first-order chi connectivity index (χ1) is 18.4. The van der Waals surface area contributed by atoms with Crippen molar-refractivity contribution in [3.8, 4) is 22.8 Å². The van der Waals surface area contributed by atoms with Crippen LogP contribution >= 0.6 is 11.6 Å². The topological polar surface area (TPSA) is 114 Å². The number of hydrogen-bond donors (Lipinski definition) is 3. The highest BCUT2D eigenvalue weighted by molar-refractivity contribution is 6.34. The summed E-state index contributed by atoms with van der Waals surface area (Å²) < 4.78 is 11.2. The Balaban J connectivity index is 1.58. The third-order valence-corrected chi connectivity index (χ3v) is 6.48. The summed E-state index contributed by atoms with van der Waals surface area (Å²) in [4.78, 5) is 21.6. The summed E-state index contributed by atoms with van der Waals surface area (Å²) in [5.41, 5.74) is 6.19. The highest BCUT2D eigenvalue weighted by Crippen LogP contribution is 2.35. The fraction of sp³-hybridized carbons (Fsp3) is 0.207. The van der Waals surface area contributed by atoms with Crippen LogP contribution in [0.4, 0.5) is 5.69 Å². The lowest BCUT2D eigenvalue weighted by molar-refractivity contribution is 0.102. The van der Waals surface area contributed by atoms with E-state index in [1.807, 2.05) is 56.3 Å². The summed E-state index contributed by atoms with van der Waals surface area (Å²) >= 11 is 6.27. The maximum absolute atomic E-state index is 13.1. The summed E-state index contributed by atoms with van der Waals surface area (Å²) in [5, 5.41) is 21.7. The van der Waals surface area contributed by atoms with Gasteiger partial charge in [-0.3, -0.25) is 9.78 Å². The molecule has 0 aliphatic rings. The second-order valence-electron chi connectivity index (χ2n) is 8.61. The standard InChI is InChI=1S/C29H28ClN3O5/c1-17-22(23-7-5-9-26(18(23)2)38-16-21-11-10-19(14-34)13-31-21)6-4-8-25(17)32-28(36)27-24(30)12-20(15-35)29(33-27)37-3/h4-13,34-35H,14-16H2,1-3H3,(H,32,36). The van der Waals surface area contributed by atoms with E-state index in [4.69, 9.17) is 21.1 Å². The molecule has 0 atom stereocenters. The van der Waals surface area contributed by atoms with E-state index in [0.29, 0.717) is 11.3 Å². The number of ether oxygens (including phenoxy) is 2. The third kappa shape index (κ3) is 5.78. The fourth-order valence-electron chi connectivity index (χ4n) is 4.05. The first-order valence-electron chi connectivity index (χ1n) is 11.9. The number of carbonyl (C=O) groups excluding carboxylic acids is 1. The number of nitrogens with zero attached hydrogens (tertiary/aromatic N) is 2. The SMILES string of the molecule is COc1nc(C(=O)Nc2cccc(-c3cccc(OCc4ccc(CO)cn4)c3C)c2C)c(Cl)cc1CO. The molecule has 2 aromatic carbocycles. The maximum atomic E-state index is 13.1. The Morgan fingerprint density at radius 2 is 1.74 bits per heavy atom. The first kappa shape index (κ1) is 27.1. The van der Waals surface area contributed by atoms with Gasteiger partial charge in [0.1, 0.15) is 12.4 Å². The van der Waals surface area contributed by atoms with Gasteiger partial charge in [0.15, 0.2) is 5.69 Å². The molecule has 0 bridgehead atoms. The van der Waals surface area contributed by atoms with E-state index < -0.39 is 5.91 Å². The molecule has 4 aromatic rings. The minimum atomic E-state index is -0.494. The molecule has 1 amide bonds. The molecule has 0 aliphatic heterocycles. The highest BCUT2D eigenvalue weighted by atomic mass is 35.5. The van der Waals surface area contributed by atoms with E-state index in [0.717, 1.165) is 39.3 Å². The van der Waals surface area contributed by atoms with Gasteiger partial charge >= 0.3 is 0 Å². The van der Waals surface area contributed by atoms with Crippen molar-refractivity contribution in [2.45, 2.75) is 33.7 Å². The number of methoxy groups -OCH3 is 1. The second-order valence-corrected chi connectivity index (χ2v) is 9.02. The number of pyridine rings is 2. The molecule has 0 radical (unpaired) electrons. The zero-order valence-corrected chi connectivity index (χ0v) is 22.0. The van der Waals surface area contributed by atoms with Crippen molar-refractivity contribution in [3.63, 3.8) is 0 Å². The molecular weight excluding hydrogens is 506 g/mol. The molecule has 3 N–H and O–H groups in total. The first-order valence-corrected chi connectivity index (χ1v) is 12.3. The Bertz CT molecular complexity index is 1460. The Morgan fingerprint density at radius 1 is 1.00 bits per heavy atom. The van der Waals surface area contributed by atoms with Gasteiger partial charge in [0.25, 0.3) is 5.91 Å². The predicted octanol–water partition coefficient (Wildman–Crippen LogP) is 5.24. The monoisotopic (exact) mass is 533 g/mol. The number of aliphatic hydroxyl groups is 2. The van der Waals surface area contributed by atoms with Crippen LogP contribution in [0.2, 0.25) is 5.02 Å². The van der Waals surface area contributed by atoms with Crippen LogP contribution < -0.4 is 14.8 Å². The largest absolute Gasteiger partial charge is 0.487 e. The minimum Gasteiger partial charge on any atom is -0.487 e. The van der Waals surface area contributed by atoms with E-state index in [9.17, 15) is 15.0 Å². The number of benzene rings is 2. The number of aliphatic hydroxyl groups excluding tert-OH is 2. The van der Waals surface area contributed by atoms with Gasteiger partial charge in [0.05, 0.1) is 31.0 Å². The number of amides is 1. The fourth-order valence-corrected chi connectivity index (χ4v) is 4.31. The van der Waals surface area contributed by atoms with Crippen LogP contribution in [0.3, 0.4) is 0 Å². The summed E-state index contributed by atoms with van der Waals surface area (Å²) in [6.45, 7) is 3.83. The number of halogens is 1. The molecule has 0 saturated carbocycles. The van der Waals surface area contributed by atoms with E-state index in [2.05, 4.69) is 15.3 Å². The zero-order valence-electron chi connectivity index (χ0n) is 21.3. The van der Waals surface area contributed by atoms with Crippen LogP contribution in [0, 0.1) is 13.8 Å². The number of rotatable bonds is 9. The molecule has 9 heteroatoms. The van der Waals surface area contributed by atoms with Gasteiger partial charge in [-0.25, -0.2) is 4.98 Å². The Morgan fingerprint density at radius 3 is 2.39 bits per heavy atom. The number of carbonyl (C=O) groups is 1. The van der Waals surface area contributed by atoms with Crippen molar-refractivity contribution >= 4 is 23.2 Å². The smallest absolute Gasteiger partial charge is 0.275 e. The normalized spacial score (nSPS) is 10.8. The third-order valence-electron chi connectivity index (χ3n) is 6.19. The second kappa shape index (κ2) is 12.0. The predicted molar refractivity (Wildman–Crippen MR) is 146 cm³/mol. The van der Waals surface area contributed by atoms with Crippen LogP contribution in [0.25, 0.3) is 11.1 Å². The van der Waals surface area contributed by atoms with E-state index in [1.54, 1.807) is 12.3 Å². The van der Waals surface area contributed by atoms with Gasteiger partial charge in [-0.1, -0.05) is 41.9 Å². The molecule has 2 heterocycles. The number of nitrogens with one attached hydrogen (secondary N) is 1. The van der Waals surface area contributed by atoms with Crippen molar-refractivity contribution in [3.05, 3.63) is 99.5 Å². The molecule has 0 aliphatic carbocycles. The number of hydrogen-bond acceptors (Lipinski definition) is 7. The molecule has 0 saturated heterocycles. The molecule has 196 valence electrons. The van der Waals surface area contributed by atoms with Crippen LogP contribution in [-0.2, 0) is 19.8 Å². The summed E-state index contributed by atoms with van der Waals surface area (Å²) in [6.07, 6.45) is 1.63. The summed E-state index contributed by atoms with van der Waals surface area (Å²) in [7, 11) is 1.41. The quantitative estimate of drug-likeness (QED) is 0.269. The molecule has 38 heavy (non-hydrogen) atoms. The molecular formula is C29H28ClN3O5. The van der Waals surface area contributed by atoms with Crippen molar-refractivity contribution in [2.75, 3.05) is 12.4 Å². The highest BCUT2D eigenvalue weighted by Gasteiger charge is 2.19. The summed E-state index contributed by atoms with van der Waals surface area (Å²) in [5.74, 6) is 0.363. The van der Waals surface area contributed by atoms with E-state index in [1.165, 1.54) is 13.2 Å². The van der Waals surface area contributed by atoms with Crippen LogP contribution in [0.15, 0.2) is 60.8 Å². The van der Waals surface area contributed by atoms with Gasteiger partial charge in [-0.2, -0.15) is 0 Å². The zero-order chi connectivity index (χ0) is 27.2. The number of aromatic nitrogens is 2. The average molecular weight is 534 g/mol. The average Bonchev–Trinajstić information content (AvgIpc) is 2.93. The molecule has 0 fully saturated rings. The van der Waals surface area contributed by atoms with Crippen LogP contribution in [-0.4, -0.2) is 33.2 Å². The van der Waals surface area contributed by atoms with Crippen molar-refractivity contribution < 1.29 is 24.5 Å². The Labute approximate surface area is 225 Å². The van der Waals surface area contributed by atoms with Crippen LogP contribution in [0.1, 0.15) is 38.4 Å². The summed E-state index contributed by atoms with van der Waals surface area (Å²) in [6, 6.07) is 16.6. The lowest BCUT2D eigenvalue weighted by Gasteiger charge is -2.17. The molecule has 0 spiro atoms. The van der Waals surface area contributed by atoms with E-state index in [-0.39, 0.29) is 36.4 Å². The van der Waals surface area contributed by atoms with Crippen molar-refractivity contribution in [1.82, 2.24) is 9.97 Å². The van der Waals surface area contributed by atoms with Crippen molar-refractivity contribution in [2.24, 2.45) is 0 Å². The molecule has 2 aromatic heterocycles. The molecule has 0 unspecified atom stereocenters. The van der Waals surface area contributed by atoms with Gasteiger partial charge in [-0.05, 0) is 65.9 Å². The van der Waals surface area contributed by atoms with E-state index >= 15 is 0 Å². The number of anilines is 1. The minimum absolute atomic E-state index is 0.00210. The molecule has 8 nitrogen and oxygen atoms in total. The lowest BCUT2D eigenvalue weighted by Crippen LogP contribution is -2.16. The van der Waals surface area contributed by atoms with Crippen LogP contribution in [0.5, 0.6) is 11.6 Å². The Kier molecular flexibility index (Phi) is 8.58.